The highest BCUT2D eigenvalue weighted by atomic mass is 32.1. The number of rotatable bonds is 7. The maximum absolute atomic E-state index is 9.19. The summed E-state index contributed by atoms with van der Waals surface area (Å²) >= 11 is 1.57. The molecule has 0 spiro atoms. The smallest absolute Gasteiger partial charge is 0.185 e. The van der Waals surface area contributed by atoms with Crippen molar-refractivity contribution in [1.29, 1.82) is 0 Å². The summed E-state index contributed by atoms with van der Waals surface area (Å²) in [5.41, 5.74) is 1.01. The molecule has 1 N–H and O–H groups in total. The molecule has 0 saturated heterocycles. The van der Waals surface area contributed by atoms with Crippen molar-refractivity contribution in [3.63, 3.8) is 0 Å². The van der Waals surface area contributed by atoms with Crippen LogP contribution >= 0.6 is 11.3 Å². The standard InChI is InChI=1S/C11H20N2O2S/c1-4-9-10(8-14)16-11(12-9)13(2)6-5-7-15-3/h14H,4-8H2,1-3H3. The molecule has 1 heterocycles. The van der Waals surface area contributed by atoms with Gasteiger partial charge in [-0.2, -0.15) is 0 Å². The quantitative estimate of drug-likeness (QED) is 0.741. The average molecular weight is 244 g/mol. The molecule has 0 aliphatic rings. The van der Waals surface area contributed by atoms with Gasteiger partial charge in [0.2, 0.25) is 0 Å². The van der Waals surface area contributed by atoms with Crippen molar-refractivity contribution in [2.75, 3.05) is 32.2 Å². The molecule has 0 unspecified atom stereocenters. The monoisotopic (exact) mass is 244 g/mol. The minimum Gasteiger partial charge on any atom is -0.391 e. The predicted molar refractivity (Wildman–Crippen MR) is 67.2 cm³/mol. The summed E-state index contributed by atoms with van der Waals surface area (Å²) < 4.78 is 5.02. The number of thiazole rings is 1. The van der Waals surface area contributed by atoms with Crippen LogP contribution in [0.3, 0.4) is 0 Å². The zero-order valence-corrected chi connectivity index (χ0v) is 11.0. The zero-order chi connectivity index (χ0) is 12.0. The Bertz CT molecular complexity index is 293. The molecule has 0 radical (unpaired) electrons. The van der Waals surface area contributed by atoms with Gasteiger partial charge in [-0.25, -0.2) is 4.98 Å². The molecule has 0 aliphatic carbocycles. The maximum Gasteiger partial charge on any atom is 0.185 e. The number of aryl methyl sites for hydroxylation is 1. The van der Waals surface area contributed by atoms with Gasteiger partial charge in [0.25, 0.3) is 0 Å². The summed E-state index contributed by atoms with van der Waals surface area (Å²) in [6.45, 7) is 3.84. The summed E-state index contributed by atoms with van der Waals surface area (Å²) in [5, 5.41) is 10.2. The van der Waals surface area contributed by atoms with Crippen LogP contribution in [0.5, 0.6) is 0 Å². The number of anilines is 1. The Morgan fingerprint density at radius 1 is 1.50 bits per heavy atom. The molecule has 16 heavy (non-hydrogen) atoms. The molecule has 0 saturated carbocycles. The van der Waals surface area contributed by atoms with Crippen molar-refractivity contribution < 1.29 is 9.84 Å². The summed E-state index contributed by atoms with van der Waals surface area (Å²) in [7, 11) is 3.73. The first-order valence-electron chi connectivity index (χ1n) is 5.52. The third-order valence-electron chi connectivity index (χ3n) is 2.41. The molecule has 0 aromatic carbocycles. The van der Waals surface area contributed by atoms with Crippen molar-refractivity contribution >= 4 is 16.5 Å². The third kappa shape index (κ3) is 3.43. The van der Waals surface area contributed by atoms with E-state index in [4.69, 9.17) is 4.74 Å². The molecule has 92 valence electrons. The molecule has 4 nitrogen and oxygen atoms in total. The molecule has 0 aliphatic heterocycles. The van der Waals surface area contributed by atoms with E-state index in [-0.39, 0.29) is 6.61 Å². The summed E-state index contributed by atoms with van der Waals surface area (Å²) in [6.07, 6.45) is 1.86. The topological polar surface area (TPSA) is 45.6 Å². The minimum atomic E-state index is 0.0900. The van der Waals surface area contributed by atoms with E-state index in [1.165, 1.54) is 0 Å². The van der Waals surface area contributed by atoms with E-state index in [2.05, 4.69) is 16.8 Å². The Labute approximate surface area is 101 Å². The van der Waals surface area contributed by atoms with Gasteiger partial charge in [0.15, 0.2) is 5.13 Å². The Balaban J connectivity index is 2.60. The molecule has 1 aromatic rings. The fraction of sp³-hybridized carbons (Fsp3) is 0.727. The Kier molecular flexibility index (Phi) is 5.73. The highest BCUT2D eigenvalue weighted by Crippen LogP contribution is 2.26. The number of hydrogen-bond donors (Lipinski definition) is 1. The van der Waals surface area contributed by atoms with Gasteiger partial charge in [-0.1, -0.05) is 18.3 Å². The van der Waals surface area contributed by atoms with E-state index in [0.717, 1.165) is 41.7 Å². The molecule has 1 rings (SSSR count). The average Bonchev–Trinajstić information content (AvgIpc) is 2.72. The van der Waals surface area contributed by atoms with Crippen LogP contribution in [0, 0.1) is 0 Å². The van der Waals surface area contributed by atoms with Gasteiger partial charge < -0.3 is 14.7 Å². The number of aliphatic hydroxyl groups is 1. The summed E-state index contributed by atoms with van der Waals surface area (Å²) in [5.74, 6) is 0. The number of hydrogen-bond acceptors (Lipinski definition) is 5. The lowest BCUT2D eigenvalue weighted by atomic mass is 10.3. The van der Waals surface area contributed by atoms with Crippen molar-refractivity contribution in [2.24, 2.45) is 0 Å². The van der Waals surface area contributed by atoms with Crippen molar-refractivity contribution in [2.45, 2.75) is 26.4 Å². The van der Waals surface area contributed by atoms with E-state index in [1.807, 2.05) is 7.05 Å². The van der Waals surface area contributed by atoms with Crippen LogP contribution in [-0.4, -0.2) is 37.4 Å². The first-order valence-corrected chi connectivity index (χ1v) is 6.34. The normalized spacial score (nSPS) is 10.8. The van der Waals surface area contributed by atoms with E-state index < -0.39 is 0 Å². The predicted octanol–water partition coefficient (Wildman–Crippen LogP) is 1.67. The van der Waals surface area contributed by atoms with Crippen molar-refractivity contribution in [1.82, 2.24) is 4.98 Å². The minimum absolute atomic E-state index is 0.0900. The number of ether oxygens (including phenoxy) is 1. The second-order valence-corrected chi connectivity index (χ2v) is 4.71. The summed E-state index contributed by atoms with van der Waals surface area (Å²) in [6, 6.07) is 0. The fourth-order valence-corrected chi connectivity index (χ4v) is 2.47. The molecule has 1 aromatic heterocycles. The van der Waals surface area contributed by atoms with E-state index in [9.17, 15) is 5.11 Å². The highest BCUT2D eigenvalue weighted by molar-refractivity contribution is 7.15. The van der Waals surface area contributed by atoms with Gasteiger partial charge in [0.1, 0.15) is 0 Å². The first kappa shape index (κ1) is 13.4. The molecule has 5 heteroatoms. The van der Waals surface area contributed by atoms with E-state index in [0.29, 0.717) is 0 Å². The third-order valence-corrected chi connectivity index (χ3v) is 3.61. The van der Waals surface area contributed by atoms with E-state index in [1.54, 1.807) is 18.4 Å². The first-order chi connectivity index (χ1) is 7.72. The molecular formula is C11H20N2O2S. The molecule has 0 bridgehead atoms. The SMILES string of the molecule is CCc1nc(N(C)CCCOC)sc1CO. The zero-order valence-electron chi connectivity index (χ0n) is 10.2. The van der Waals surface area contributed by atoms with Gasteiger partial charge in [-0.15, -0.1) is 0 Å². The van der Waals surface area contributed by atoms with Gasteiger partial charge in [-0.05, 0) is 12.8 Å². The molecule has 0 amide bonds. The largest absolute Gasteiger partial charge is 0.391 e. The van der Waals surface area contributed by atoms with Gasteiger partial charge >= 0.3 is 0 Å². The van der Waals surface area contributed by atoms with E-state index >= 15 is 0 Å². The Morgan fingerprint density at radius 2 is 2.25 bits per heavy atom. The van der Waals surface area contributed by atoms with Crippen LogP contribution in [0.2, 0.25) is 0 Å². The lowest BCUT2D eigenvalue weighted by molar-refractivity contribution is 0.196. The highest BCUT2D eigenvalue weighted by Gasteiger charge is 2.11. The van der Waals surface area contributed by atoms with Crippen molar-refractivity contribution in [3.8, 4) is 0 Å². The fourth-order valence-electron chi connectivity index (χ4n) is 1.47. The van der Waals surface area contributed by atoms with Gasteiger partial charge in [-0.3, -0.25) is 0 Å². The second-order valence-electron chi connectivity index (χ2n) is 3.65. The maximum atomic E-state index is 9.19. The van der Waals surface area contributed by atoms with Crippen LogP contribution in [0.1, 0.15) is 23.9 Å². The molecule has 0 atom stereocenters. The van der Waals surface area contributed by atoms with Crippen LogP contribution in [0.4, 0.5) is 5.13 Å². The lowest BCUT2D eigenvalue weighted by Gasteiger charge is -2.14. The lowest BCUT2D eigenvalue weighted by Crippen LogP contribution is -2.19. The van der Waals surface area contributed by atoms with Crippen molar-refractivity contribution in [3.05, 3.63) is 10.6 Å². The summed E-state index contributed by atoms with van der Waals surface area (Å²) in [4.78, 5) is 7.62. The number of nitrogens with zero attached hydrogens (tertiary/aromatic N) is 2. The van der Waals surface area contributed by atoms with Crippen LogP contribution < -0.4 is 4.90 Å². The molecular weight excluding hydrogens is 224 g/mol. The van der Waals surface area contributed by atoms with Crippen LogP contribution in [0.15, 0.2) is 0 Å². The van der Waals surface area contributed by atoms with Crippen LogP contribution in [-0.2, 0) is 17.8 Å². The van der Waals surface area contributed by atoms with Gasteiger partial charge in [0, 0.05) is 27.3 Å². The number of aromatic nitrogens is 1. The number of methoxy groups -OCH3 is 1. The second kappa shape index (κ2) is 6.83. The van der Waals surface area contributed by atoms with Gasteiger partial charge in [0.05, 0.1) is 17.2 Å². The Morgan fingerprint density at radius 3 is 2.75 bits per heavy atom. The molecule has 0 fully saturated rings. The van der Waals surface area contributed by atoms with Crippen LogP contribution in [0.25, 0.3) is 0 Å². The number of aliphatic hydroxyl groups excluding tert-OH is 1. The Hall–Kier alpha value is -0.650.